The summed E-state index contributed by atoms with van der Waals surface area (Å²) in [4.78, 5) is 5.70. The SMILES string of the molecule is S=c1[nH]c2cc(Cl)c(Cl)cc2n1CCN1CCCCC1. The average Bonchev–Trinajstić information content (AvgIpc) is 2.73. The normalized spacial score (nSPS) is 16.9. The number of nitrogens with zero attached hydrogens (tertiary/aromatic N) is 2. The molecule has 2 aromatic rings. The lowest BCUT2D eigenvalue weighted by molar-refractivity contribution is 0.221. The Balaban J connectivity index is 1.85. The van der Waals surface area contributed by atoms with Crippen LogP contribution in [-0.4, -0.2) is 34.1 Å². The number of benzene rings is 1. The fraction of sp³-hybridized carbons (Fsp3) is 0.500. The predicted octanol–water partition coefficient (Wildman–Crippen LogP) is 4.49. The van der Waals surface area contributed by atoms with Gasteiger partial charge in [-0.2, -0.15) is 0 Å². The van der Waals surface area contributed by atoms with E-state index in [0.717, 1.165) is 28.9 Å². The van der Waals surface area contributed by atoms with Crippen LogP contribution in [-0.2, 0) is 6.54 Å². The van der Waals surface area contributed by atoms with Gasteiger partial charge >= 0.3 is 0 Å². The van der Waals surface area contributed by atoms with E-state index in [1.54, 1.807) is 0 Å². The number of imidazole rings is 1. The van der Waals surface area contributed by atoms with Crippen molar-refractivity contribution in [3.63, 3.8) is 0 Å². The lowest BCUT2D eigenvalue weighted by Gasteiger charge is -2.26. The van der Waals surface area contributed by atoms with Crippen molar-refractivity contribution in [2.75, 3.05) is 19.6 Å². The fourth-order valence-corrected chi connectivity index (χ4v) is 3.42. The summed E-state index contributed by atoms with van der Waals surface area (Å²) in [6.45, 7) is 4.31. The van der Waals surface area contributed by atoms with Crippen LogP contribution in [0, 0.1) is 4.77 Å². The van der Waals surface area contributed by atoms with Crippen molar-refractivity contribution in [2.45, 2.75) is 25.8 Å². The Kier molecular flexibility index (Phi) is 4.36. The summed E-state index contributed by atoms with van der Waals surface area (Å²) in [6, 6.07) is 3.73. The van der Waals surface area contributed by atoms with Crippen molar-refractivity contribution in [2.24, 2.45) is 0 Å². The topological polar surface area (TPSA) is 24.0 Å². The minimum atomic E-state index is 0.554. The number of fused-ring (bicyclic) bond motifs is 1. The molecule has 0 saturated carbocycles. The quantitative estimate of drug-likeness (QED) is 0.838. The third-order valence-corrected chi connectivity index (χ3v) is 4.95. The highest BCUT2D eigenvalue weighted by Gasteiger charge is 2.12. The van der Waals surface area contributed by atoms with E-state index in [2.05, 4.69) is 14.5 Å². The molecule has 0 aliphatic carbocycles. The molecule has 1 aromatic carbocycles. The van der Waals surface area contributed by atoms with Crippen molar-refractivity contribution in [3.8, 4) is 0 Å². The number of halogens is 2. The van der Waals surface area contributed by atoms with Crippen LogP contribution in [0.4, 0.5) is 0 Å². The highest BCUT2D eigenvalue weighted by atomic mass is 35.5. The number of aromatic amines is 1. The van der Waals surface area contributed by atoms with Gasteiger partial charge in [0.15, 0.2) is 4.77 Å². The van der Waals surface area contributed by atoms with Crippen molar-refractivity contribution in [1.82, 2.24) is 14.5 Å². The van der Waals surface area contributed by atoms with Gasteiger partial charge in [-0.15, -0.1) is 0 Å². The van der Waals surface area contributed by atoms with Gasteiger partial charge in [-0.25, -0.2) is 0 Å². The van der Waals surface area contributed by atoms with Crippen molar-refractivity contribution in [3.05, 3.63) is 26.9 Å². The van der Waals surface area contributed by atoms with E-state index in [4.69, 9.17) is 35.4 Å². The van der Waals surface area contributed by atoms with Crippen LogP contribution in [0.1, 0.15) is 19.3 Å². The second kappa shape index (κ2) is 6.06. The first-order valence-electron chi connectivity index (χ1n) is 6.95. The second-order valence-electron chi connectivity index (χ2n) is 5.27. The molecule has 0 unspecified atom stereocenters. The summed E-state index contributed by atoms with van der Waals surface area (Å²) < 4.78 is 2.84. The largest absolute Gasteiger partial charge is 0.331 e. The van der Waals surface area contributed by atoms with Crippen LogP contribution in [0.3, 0.4) is 0 Å². The van der Waals surface area contributed by atoms with Gasteiger partial charge in [0.2, 0.25) is 0 Å². The van der Waals surface area contributed by atoms with Crippen LogP contribution in [0.5, 0.6) is 0 Å². The summed E-state index contributed by atoms with van der Waals surface area (Å²) in [5.74, 6) is 0. The number of hydrogen-bond donors (Lipinski definition) is 1. The molecule has 0 spiro atoms. The monoisotopic (exact) mass is 329 g/mol. The number of nitrogens with one attached hydrogen (secondary N) is 1. The minimum Gasteiger partial charge on any atom is -0.331 e. The highest BCUT2D eigenvalue weighted by molar-refractivity contribution is 7.71. The number of piperidine rings is 1. The molecule has 1 fully saturated rings. The maximum atomic E-state index is 6.11. The molecule has 0 atom stereocenters. The lowest BCUT2D eigenvalue weighted by Crippen LogP contribution is -2.32. The van der Waals surface area contributed by atoms with Gasteiger partial charge in [-0.1, -0.05) is 29.6 Å². The Morgan fingerprint density at radius 2 is 1.75 bits per heavy atom. The summed E-state index contributed by atoms with van der Waals surface area (Å²) in [5.41, 5.74) is 1.98. The number of aromatic nitrogens is 2. The Hall–Kier alpha value is -0.550. The van der Waals surface area contributed by atoms with Crippen molar-refractivity contribution < 1.29 is 0 Å². The zero-order valence-electron chi connectivity index (χ0n) is 11.2. The standard InChI is InChI=1S/C14H17Cl2N3S/c15-10-8-12-13(9-11(10)16)19(14(20)17-12)7-6-18-4-2-1-3-5-18/h8-9H,1-7H2,(H,17,20). The first-order chi connectivity index (χ1) is 9.65. The summed E-state index contributed by atoms with van der Waals surface area (Å²) in [5, 5.41) is 1.12. The van der Waals surface area contributed by atoms with E-state index in [9.17, 15) is 0 Å². The van der Waals surface area contributed by atoms with Crippen LogP contribution in [0.2, 0.25) is 10.0 Å². The number of hydrogen-bond acceptors (Lipinski definition) is 2. The van der Waals surface area contributed by atoms with Gasteiger partial charge in [0.25, 0.3) is 0 Å². The Bertz CT molecular complexity index is 671. The van der Waals surface area contributed by atoms with E-state index < -0.39 is 0 Å². The fourth-order valence-electron chi connectivity index (χ4n) is 2.80. The third kappa shape index (κ3) is 2.89. The number of likely N-dealkylation sites (tertiary alicyclic amines) is 1. The molecule has 2 heterocycles. The minimum absolute atomic E-state index is 0.554. The van der Waals surface area contributed by atoms with Crippen LogP contribution in [0.25, 0.3) is 11.0 Å². The zero-order valence-corrected chi connectivity index (χ0v) is 13.5. The molecule has 1 aliphatic heterocycles. The third-order valence-electron chi connectivity index (χ3n) is 3.90. The molecular formula is C14H17Cl2N3S. The van der Waals surface area contributed by atoms with E-state index in [-0.39, 0.29) is 0 Å². The zero-order chi connectivity index (χ0) is 14.1. The average molecular weight is 330 g/mol. The summed E-state index contributed by atoms with van der Waals surface area (Å²) in [6.07, 6.45) is 3.97. The maximum absolute atomic E-state index is 6.11. The molecule has 108 valence electrons. The van der Waals surface area contributed by atoms with Crippen molar-refractivity contribution in [1.29, 1.82) is 0 Å². The van der Waals surface area contributed by atoms with Gasteiger partial charge in [0, 0.05) is 13.1 Å². The van der Waals surface area contributed by atoms with E-state index in [1.165, 1.54) is 32.4 Å². The molecule has 6 heteroatoms. The molecule has 0 bridgehead atoms. The second-order valence-corrected chi connectivity index (χ2v) is 6.47. The number of rotatable bonds is 3. The molecule has 1 N–H and O–H groups in total. The van der Waals surface area contributed by atoms with E-state index in [1.807, 2.05) is 12.1 Å². The van der Waals surface area contributed by atoms with Gasteiger partial charge < -0.3 is 14.5 Å². The van der Waals surface area contributed by atoms with E-state index >= 15 is 0 Å². The maximum Gasteiger partial charge on any atom is 0.178 e. The Morgan fingerprint density at radius 1 is 1.05 bits per heavy atom. The van der Waals surface area contributed by atoms with Crippen LogP contribution >= 0.6 is 35.4 Å². The molecule has 0 amide bonds. The Morgan fingerprint density at radius 3 is 2.50 bits per heavy atom. The summed E-state index contributed by atoms with van der Waals surface area (Å²) in [7, 11) is 0. The predicted molar refractivity (Wildman–Crippen MR) is 87.4 cm³/mol. The summed E-state index contributed by atoms with van der Waals surface area (Å²) >= 11 is 17.6. The Labute approximate surface area is 133 Å². The molecule has 1 aliphatic rings. The molecule has 3 rings (SSSR count). The van der Waals surface area contributed by atoms with Gasteiger partial charge in [0.05, 0.1) is 21.1 Å². The van der Waals surface area contributed by atoms with Gasteiger partial charge in [-0.05, 0) is 50.3 Å². The van der Waals surface area contributed by atoms with Gasteiger partial charge in [-0.3, -0.25) is 0 Å². The van der Waals surface area contributed by atoms with Crippen LogP contribution in [0.15, 0.2) is 12.1 Å². The van der Waals surface area contributed by atoms with E-state index in [0.29, 0.717) is 10.0 Å². The van der Waals surface area contributed by atoms with Gasteiger partial charge in [0.1, 0.15) is 0 Å². The molecule has 1 saturated heterocycles. The molecule has 3 nitrogen and oxygen atoms in total. The highest BCUT2D eigenvalue weighted by Crippen LogP contribution is 2.27. The molecular weight excluding hydrogens is 313 g/mol. The first-order valence-corrected chi connectivity index (χ1v) is 8.11. The number of H-pyrrole nitrogens is 1. The molecule has 1 aromatic heterocycles. The smallest absolute Gasteiger partial charge is 0.178 e. The van der Waals surface area contributed by atoms with Crippen molar-refractivity contribution >= 4 is 46.5 Å². The molecule has 20 heavy (non-hydrogen) atoms. The molecule has 0 radical (unpaired) electrons. The lowest BCUT2D eigenvalue weighted by atomic mass is 10.1. The first kappa shape index (κ1) is 14.4. The van der Waals surface area contributed by atoms with Crippen LogP contribution < -0.4 is 0 Å².